The second-order valence-corrected chi connectivity index (χ2v) is 9.23. The molecule has 0 unspecified atom stereocenters. The van der Waals surface area contributed by atoms with Gasteiger partial charge in [-0.1, -0.05) is 0 Å². The van der Waals surface area contributed by atoms with E-state index in [4.69, 9.17) is 4.74 Å². The minimum Gasteiger partial charge on any atom is -0.462 e. The molecule has 0 N–H and O–H groups in total. The first-order valence-corrected chi connectivity index (χ1v) is 9.50. The van der Waals surface area contributed by atoms with Gasteiger partial charge in [-0.05, 0) is 25.1 Å². The van der Waals surface area contributed by atoms with Gasteiger partial charge < -0.3 is 4.74 Å². The predicted molar refractivity (Wildman–Crippen MR) is 84.1 cm³/mol. The Balaban J connectivity index is 3.69. The zero-order valence-electron chi connectivity index (χ0n) is 13.6. The van der Waals surface area contributed by atoms with Crippen molar-refractivity contribution in [3.05, 3.63) is 23.8 Å². The Morgan fingerprint density at radius 1 is 1.00 bits per heavy atom. The molecule has 0 aliphatic carbocycles. The summed E-state index contributed by atoms with van der Waals surface area (Å²) in [5.41, 5.74) is -0.210. The van der Waals surface area contributed by atoms with Crippen LogP contribution in [-0.2, 0) is 24.8 Å². The van der Waals surface area contributed by atoms with Gasteiger partial charge in [0, 0.05) is 28.2 Å². The third-order valence-electron chi connectivity index (χ3n) is 2.99. The highest BCUT2D eigenvalue weighted by atomic mass is 32.2. The van der Waals surface area contributed by atoms with Crippen molar-refractivity contribution in [3.63, 3.8) is 0 Å². The van der Waals surface area contributed by atoms with E-state index in [2.05, 4.69) is 0 Å². The van der Waals surface area contributed by atoms with Crippen LogP contribution in [0.3, 0.4) is 0 Å². The normalized spacial score (nSPS) is 12.7. The fraction of sp³-hybridized carbons (Fsp3) is 0.462. The minimum atomic E-state index is -4.03. The molecule has 0 radical (unpaired) electrons. The van der Waals surface area contributed by atoms with Gasteiger partial charge in [0.15, 0.2) is 0 Å². The minimum absolute atomic E-state index is 0.0675. The Morgan fingerprint density at radius 2 is 1.52 bits per heavy atom. The average Bonchev–Trinajstić information content (AvgIpc) is 2.46. The van der Waals surface area contributed by atoms with Crippen molar-refractivity contribution in [2.45, 2.75) is 16.7 Å². The second kappa shape index (κ2) is 6.95. The number of esters is 1. The maximum Gasteiger partial charge on any atom is 0.339 e. The number of hydrogen-bond donors (Lipinski definition) is 0. The lowest BCUT2D eigenvalue weighted by Crippen LogP contribution is -2.26. The van der Waals surface area contributed by atoms with Crippen LogP contribution >= 0.6 is 0 Å². The SMILES string of the molecule is CCOC(=O)c1ccc(S(=O)(=O)N(C)C)cc1S(=O)(=O)N(C)C. The van der Waals surface area contributed by atoms with Gasteiger partial charge in [0.25, 0.3) is 0 Å². The topological polar surface area (TPSA) is 101 Å². The van der Waals surface area contributed by atoms with Gasteiger partial charge in [-0.2, -0.15) is 0 Å². The van der Waals surface area contributed by atoms with Crippen molar-refractivity contribution >= 4 is 26.0 Å². The molecule has 0 bridgehead atoms. The van der Waals surface area contributed by atoms with Crippen molar-refractivity contribution in [2.24, 2.45) is 0 Å². The van der Waals surface area contributed by atoms with Gasteiger partial charge in [-0.25, -0.2) is 30.2 Å². The Bertz CT molecular complexity index is 798. The van der Waals surface area contributed by atoms with E-state index in [0.717, 1.165) is 20.7 Å². The molecule has 0 aliphatic rings. The molecule has 0 aliphatic heterocycles. The van der Waals surface area contributed by atoms with Crippen LogP contribution in [-0.4, -0.2) is 66.2 Å². The molecule has 23 heavy (non-hydrogen) atoms. The van der Waals surface area contributed by atoms with E-state index in [-0.39, 0.29) is 17.1 Å². The van der Waals surface area contributed by atoms with E-state index in [0.29, 0.717) is 0 Å². The number of carbonyl (C=O) groups is 1. The maximum atomic E-state index is 12.4. The van der Waals surface area contributed by atoms with Crippen LogP contribution in [0, 0.1) is 0 Å². The van der Waals surface area contributed by atoms with E-state index in [1.54, 1.807) is 6.92 Å². The highest BCUT2D eigenvalue weighted by molar-refractivity contribution is 7.90. The van der Waals surface area contributed by atoms with Gasteiger partial charge >= 0.3 is 5.97 Å². The molecular weight excluding hydrogens is 344 g/mol. The average molecular weight is 364 g/mol. The quantitative estimate of drug-likeness (QED) is 0.676. The molecule has 0 aromatic heterocycles. The lowest BCUT2D eigenvalue weighted by atomic mass is 10.2. The summed E-state index contributed by atoms with van der Waals surface area (Å²) in [5, 5.41) is 0. The summed E-state index contributed by atoms with van der Waals surface area (Å²) in [7, 11) is -2.64. The highest BCUT2D eigenvalue weighted by Crippen LogP contribution is 2.25. The molecule has 130 valence electrons. The molecule has 0 amide bonds. The third-order valence-corrected chi connectivity index (χ3v) is 6.65. The first-order chi connectivity index (χ1) is 10.5. The summed E-state index contributed by atoms with van der Waals surface area (Å²) in [6.07, 6.45) is 0. The Kier molecular flexibility index (Phi) is 5.91. The van der Waals surface area contributed by atoms with Gasteiger partial charge in [0.1, 0.15) is 0 Å². The van der Waals surface area contributed by atoms with Crippen molar-refractivity contribution in [1.29, 1.82) is 0 Å². The van der Waals surface area contributed by atoms with E-state index >= 15 is 0 Å². The molecule has 0 atom stereocenters. The lowest BCUT2D eigenvalue weighted by molar-refractivity contribution is 0.0521. The molecule has 0 fully saturated rings. The summed E-state index contributed by atoms with van der Waals surface area (Å²) < 4.78 is 55.9. The smallest absolute Gasteiger partial charge is 0.339 e. The van der Waals surface area contributed by atoms with Crippen molar-refractivity contribution < 1.29 is 26.4 Å². The lowest BCUT2D eigenvalue weighted by Gasteiger charge is -2.17. The van der Waals surface area contributed by atoms with Gasteiger partial charge in [0.2, 0.25) is 20.0 Å². The van der Waals surface area contributed by atoms with Crippen LogP contribution in [0.4, 0.5) is 0 Å². The van der Waals surface area contributed by atoms with Gasteiger partial charge in [-0.3, -0.25) is 0 Å². The molecule has 1 aromatic carbocycles. The molecule has 1 rings (SSSR count). The van der Waals surface area contributed by atoms with Crippen molar-refractivity contribution in [3.8, 4) is 0 Å². The zero-order chi connectivity index (χ0) is 18.0. The van der Waals surface area contributed by atoms with Gasteiger partial charge in [-0.15, -0.1) is 0 Å². The molecule has 8 nitrogen and oxygen atoms in total. The fourth-order valence-electron chi connectivity index (χ4n) is 1.66. The summed E-state index contributed by atoms with van der Waals surface area (Å²) >= 11 is 0. The number of carbonyl (C=O) groups excluding carboxylic acids is 1. The first kappa shape index (κ1) is 19.6. The summed E-state index contributed by atoms with van der Waals surface area (Å²) in [6.45, 7) is 1.65. The van der Waals surface area contributed by atoms with Crippen LogP contribution < -0.4 is 0 Å². The Hall–Kier alpha value is -1.49. The van der Waals surface area contributed by atoms with Crippen LogP contribution in [0.1, 0.15) is 17.3 Å². The molecule has 0 heterocycles. The van der Waals surface area contributed by atoms with Crippen molar-refractivity contribution in [2.75, 3.05) is 34.8 Å². The Morgan fingerprint density at radius 3 is 1.96 bits per heavy atom. The molecule has 0 spiro atoms. The molecule has 1 aromatic rings. The summed E-state index contributed by atoms with van der Waals surface area (Å²) in [4.78, 5) is 11.3. The van der Waals surface area contributed by atoms with E-state index in [1.165, 1.54) is 34.3 Å². The van der Waals surface area contributed by atoms with E-state index in [9.17, 15) is 21.6 Å². The van der Waals surface area contributed by atoms with Crippen LogP contribution in [0.5, 0.6) is 0 Å². The zero-order valence-corrected chi connectivity index (χ0v) is 15.2. The summed E-state index contributed by atoms with van der Waals surface area (Å²) in [5.74, 6) is -0.832. The van der Waals surface area contributed by atoms with Crippen LogP contribution in [0.25, 0.3) is 0 Å². The largest absolute Gasteiger partial charge is 0.462 e. The van der Waals surface area contributed by atoms with E-state index < -0.39 is 30.9 Å². The van der Waals surface area contributed by atoms with Gasteiger partial charge in [0.05, 0.1) is 22.0 Å². The number of benzene rings is 1. The second-order valence-electron chi connectivity index (χ2n) is 4.95. The van der Waals surface area contributed by atoms with Crippen LogP contribution in [0.2, 0.25) is 0 Å². The fourth-order valence-corrected chi connectivity index (χ4v) is 3.76. The maximum absolute atomic E-state index is 12.4. The molecule has 10 heteroatoms. The third kappa shape index (κ3) is 3.89. The van der Waals surface area contributed by atoms with Crippen molar-refractivity contribution in [1.82, 2.24) is 8.61 Å². The number of sulfonamides is 2. The summed E-state index contributed by atoms with van der Waals surface area (Å²) in [6, 6.07) is 3.29. The Labute approximate surface area is 136 Å². The number of rotatable bonds is 6. The standard InChI is InChI=1S/C13H20N2O6S2/c1-6-21-13(16)11-8-7-10(22(17,18)14(2)3)9-12(11)23(19,20)15(4)5/h7-9H,6H2,1-5H3. The first-order valence-electron chi connectivity index (χ1n) is 6.62. The molecule has 0 saturated heterocycles. The van der Waals surface area contributed by atoms with Crippen LogP contribution in [0.15, 0.2) is 28.0 Å². The predicted octanol–water partition coefficient (Wildman–Crippen LogP) is 0.364. The molecule has 0 saturated carbocycles. The number of nitrogens with zero attached hydrogens (tertiary/aromatic N) is 2. The highest BCUT2D eigenvalue weighted by Gasteiger charge is 2.28. The number of hydrogen-bond acceptors (Lipinski definition) is 6. The monoisotopic (exact) mass is 364 g/mol. The number of ether oxygens (including phenoxy) is 1. The molecular formula is C13H20N2O6S2. The van der Waals surface area contributed by atoms with E-state index in [1.807, 2.05) is 0 Å².